The van der Waals surface area contributed by atoms with Crippen LogP contribution in [0, 0.1) is 17.0 Å². The lowest BCUT2D eigenvalue weighted by atomic mass is 9.97. The molecule has 1 aromatic carbocycles. The molecule has 3 aromatic rings. The first-order chi connectivity index (χ1) is 15.1. The molecule has 1 unspecified atom stereocenters. The van der Waals surface area contributed by atoms with Crippen LogP contribution in [0.3, 0.4) is 0 Å². The summed E-state index contributed by atoms with van der Waals surface area (Å²) in [6.07, 6.45) is 1.97. The molecule has 3 N–H and O–H groups in total. The topological polar surface area (TPSA) is 96.0 Å². The molecule has 0 spiro atoms. The number of halogens is 2. The van der Waals surface area contributed by atoms with Crippen molar-refractivity contribution in [2.45, 2.75) is 34.1 Å². The molecule has 0 saturated heterocycles. The van der Waals surface area contributed by atoms with Crippen LogP contribution >= 0.6 is 11.3 Å². The number of hydrogen-bond donors (Lipinski definition) is 3. The molecule has 0 aliphatic heterocycles. The van der Waals surface area contributed by atoms with Crippen LogP contribution in [0.1, 0.15) is 44.5 Å². The van der Waals surface area contributed by atoms with E-state index in [4.69, 9.17) is 0 Å². The fourth-order valence-electron chi connectivity index (χ4n) is 2.77. The minimum Gasteiger partial charge on any atom is -0.368 e. The molecule has 1 amide bonds. The summed E-state index contributed by atoms with van der Waals surface area (Å²) in [5.41, 5.74) is -0.187. The first-order valence-electron chi connectivity index (χ1n) is 10.0. The van der Waals surface area contributed by atoms with Gasteiger partial charge in [-0.3, -0.25) is 4.79 Å². The number of nitrogens with one attached hydrogen (secondary N) is 3. The second-order valence-corrected chi connectivity index (χ2v) is 10.5. The highest BCUT2D eigenvalue weighted by atomic mass is 32.2. The van der Waals surface area contributed by atoms with Gasteiger partial charge in [-0.25, -0.2) is 23.0 Å². The monoisotopic (exact) mass is 481 g/mol. The fourth-order valence-corrected chi connectivity index (χ4v) is 4.61. The van der Waals surface area contributed by atoms with Crippen molar-refractivity contribution in [3.8, 4) is 0 Å². The second-order valence-electron chi connectivity index (χ2n) is 8.35. The van der Waals surface area contributed by atoms with Crippen molar-refractivity contribution in [2.24, 2.45) is 5.41 Å². The Labute approximate surface area is 191 Å². The predicted octanol–water partition coefficient (Wildman–Crippen LogP) is 5.17. The minimum atomic E-state index is -1.52. The van der Waals surface area contributed by atoms with Gasteiger partial charge in [0, 0.05) is 17.7 Å². The molecule has 0 bridgehead atoms. The summed E-state index contributed by atoms with van der Waals surface area (Å²) in [6, 6.07) is 2.15. The molecule has 11 heteroatoms. The lowest BCUT2D eigenvalue weighted by Crippen LogP contribution is -2.19. The summed E-state index contributed by atoms with van der Waals surface area (Å²) < 4.78 is 44.2. The third-order valence-electron chi connectivity index (χ3n) is 4.33. The highest BCUT2D eigenvalue weighted by Gasteiger charge is 2.22. The summed E-state index contributed by atoms with van der Waals surface area (Å²) in [4.78, 5) is 21.3. The number of amides is 1. The van der Waals surface area contributed by atoms with E-state index in [1.165, 1.54) is 17.7 Å². The number of aromatic nitrogens is 2. The highest BCUT2D eigenvalue weighted by molar-refractivity contribution is 7.86. The molecule has 0 fully saturated rings. The molecule has 0 radical (unpaired) electrons. The van der Waals surface area contributed by atoms with Gasteiger partial charge in [0.05, 0.1) is 21.5 Å². The van der Waals surface area contributed by atoms with E-state index >= 15 is 0 Å². The Bertz CT molecular complexity index is 1160. The average molecular weight is 482 g/mol. The normalized spacial score (nSPS) is 12.6. The van der Waals surface area contributed by atoms with E-state index in [2.05, 4.69) is 46.1 Å². The van der Waals surface area contributed by atoms with Crippen LogP contribution in [0.2, 0.25) is 0 Å². The molecular weight excluding hydrogens is 456 g/mol. The van der Waals surface area contributed by atoms with Crippen molar-refractivity contribution in [1.29, 1.82) is 0 Å². The van der Waals surface area contributed by atoms with E-state index in [0.717, 1.165) is 12.1 Å². The second kappa shape index (κ2) is 9.86. The van der Waals surface area contributed by atoms with Crippen molar-refractivity contribution in [3.05, 3.63) is 41.0 Å². The smallest absolute Gasteiger partial charge is 0.258 e. The molecular formula is C21H25F2N5O2S2. The number of rotatable bonds is 8. The maximum absolute atomic E-state index is 14.8. The van der Waals surface area contributed by atoms with E-state index in [1.54, 1.807) is 5.38 Å². The molecule has 1 atom stereocenters. The number of anilines is 3. The molecule has 172 valence electrons. The average Bonchev–Trinajstić information content (AvgIpc) is 3.16. The van der Waals surface area contributed by atoms with Gasteiger partial charge in [-0.05, 0) is 24.0 Å². The SMILES string of the molecule is CCCS(=O)Nc1ccc(F)c(NC(=O)c2csc3c(NCC(C)(C)C)ncnc23)c1F. The molecule has 32 heavy (non-hydrogen) atoms. The summed E-state index contributed by atoms with van der Waals surface area (Å²) >= 11 is 1.27. The predicted molar refractivity (Wildman–Crippen MR) is 127 cm³/mol. The molecule has 0 aliphatic rings. The fraction of sp³-hybridized carbons (Fsp3) is 0.381. The number of hydrogen-bond acceptors (Lipinski definition) is 6. The molecule has 7 nitrogen and oxygen atoms in total. The Kier molecular flexibility index (Phi) is 7.40. The molecule has 0 saturated carbocycles. The van der Waals surface area contributed by atoms with E-state index in [-0.39, 0.29) is 16.7 Å². The van der Waals surface area contributed by atoms with Crippen LogP contribution in [0.5, 0.6) is 0 Å². The van der Waals surface area contributed by atoms with E-state index < -0.39 is 34.2 Å². The van der Waals surface area contributed by atoms with Crippen molar-refractivity contribution in [3.63, 3.8) is 0 Å². The standard InChI is InChI=1S/C21H25F2N5O2S2/c1-5-8-32(30)28-14-7-6-13(22)17(15(14)23)27-20(29)12-9-31-18-16(12)25-11-26-19(18)24-10-21(2,3)4/h6-7,9,11,28H,5,8,10H2,1-4H3,(H,27,29)(H,24,25,26). The van der Waals surface area contributed by atoms with Crippen molar-refractivity contribution in [1.82, 2.24) is 9.97 Å². The number of benzene rings is 1. The van der Waals surface area contributed by atoms with Crippen molar-refractivity contribution in [2.75, 3.05) is 27.7 Å². The number of carbonyl (C=O) groups excluding carboxylic acids is 1. The summed E-state index contributed by atoms with van der Waals surface area (Å²) in [7, 11) is -1.52. The molecule has 2 aromatic heterocycles. The van der Waals surface area contributed by atoms with Gasteiger partial charge in [0.2, 0.25) is 0 Å². The number of nitrogens with zero attached hydrogens (tertiary/aromatic N) is 2. The number of carbonyl (C=O) groups is 1. The van der Waals surface area contributed by atoms with Crippen LogP contribution in [-0.2, 0) is 11.0 Å². The molecule has 0 aliphatic carbocycles. The maximum atomic E-state index is 14.8. The van der Waals surface area contributed by atoms with E-state index in [0.29, 0.717) is 34.8 Å². The Hall–Kier alpha value is -2.66. The molecule has 2 heterocycles. The van der Waals surface area contributed by atoms with Gasteiger partial charge in [-0.15, -0.1) is 11.3 Å². The van der Waals surface area contributed by atoms with Crippen LogP contribution < -0.4 is 15.4 Å². The van der Waals surface area contributed by atoms with Gasteiger partial charge in [0.15, 0.2) is 5.82 Å². The van der Waals surface area contributed by atoms with Crippen LogP contribution in [0.4, 0.5) is 26.0 Å². The van der Waals surface area contributed by atoms with Crippen LogP contribution in [0.15, 0.2) is 23.8 Å². The highest BCUT2D eigenvalue weighted by Crippen LogP contribution is 2.32. The quantitative estimate of drug-likeness (QED) is 0.413. The first kappa shape index (κ1) is 24.0. The van der Waals surface area contributed by atoms with E-state index in [1.807, 2.05) is 6.92 Å². The zero-order valence-corrected chi connectivity index (χ0v) is 19.8. The molecule has 3 rings (SSSR count). The first-order valence-corrected chi connectivity index (χ1v) is 12.2. The zero-order chi connectivity index (χ0) is 23.5. The minimum absolute atomic E-state index is 0.0175. The number of fused-ring (bicyclic) bond motifs is 1. The van der Waals surface area contributed by atoms with Crippen LogP contribution in [0.25, 0.3) is 10.2 Å². The van der Waals surface area contributed by atoms with Gasteiger partial charge in [-0.2, -0.15) is 0 Å². The Morgan fingerprint density at radius 3 is 2.66 bits per heavy atom. The Morgan fingerprint density at radius 1 is 1.22 bits per heavy atom. The van der Waals surface area contributed by atoms with Crippen LogP contribution in [-0.4, -0.2) is 32.4 Å². The largest absolute Gasteiger partial charge is 0.368 e. The summed E-state index contributed by atoms with van der Waals surface area (Å²) in [5, 5.41) is 7.12. The van der Waals surface area contributed by atoms with Gasteiger partial charge >= 0.3 is 0 Å². The van der Waals surface area contributed by atoms with Gasteiger partial charge in [-0.1, -0.05) is 27.7 Å². The van der Waals surface area contributed by atoms with Gasteiger partial charge in [0.1, 0.15) is 34.6 Å². The third-order valence-corrected chi connectivity index (χ3v) is 6.53. The lowest BCUT2D eigenvalue weighted by molar-refractivity contribution is 0.102. The summed E-state index contributed by atoms with van der Waals surface area (Å²) in [6.45, 7) is 8.74. The third kappa shape index (κ3) is 5.57. The lowest BCUT2D eigenvalue weighted by Gasteiger charge is -2.19. The number of thiophene rings is 1. The van der Waals surface area contributed by atoms with Crippen molar-refractivity contribution < 1.29 is 17.8 Å². The van der Waals surface area contributed by atoms with Gasteiger partial charge in [0.25, 0.3) is 5.91 Å². The summed E-state index contributed by atoms with van der Waals surface area (Å²) in [5.74, 6) is -1.77. The Morgan fingerprint density at radius 2 is 1.97 bits per heavy atom. The van der Waals surface area contributed by atoms with Crippen molar-refractivity contribution >= 4 is 55.6 Å². The van der Waals surface area contributed by atoms with Gasteiger partial charge < -0.3 is 15.4 Å². The Balaban J connectivity index is 1.87. The maximum Gasteiger partial charge on any atom is 0.258 e. The zero-order valence-electron chi connectivity index (χ0n) is 18.2. The van der Waals surface area contributed by atoms with E-state index in [9.17, 15) is 17.8 Å².